The maximum absolute atomic E-state index is 12.1. The minimum atomic E-state index is -1.16. The van der Waals surface area contributed by atoms with Crippen molar-refractivity contribution < 1.29 is 9.90 Å². The van der Waals surface area contributed by atoms with Crippen LogP contribution < -0.4 is 5.56 Å². The molecule has 0 spiro atoms. The quantitative estimate of drug-likeness (QED) is 0.659. The third-order valence-corrected chi connectivity index (χ3v) is 4.27. The highest BCUT2D eigenvalue weighted by atomic mass is 32.2. The monoisotopic (exact) mass is 329 g/mol. The standard InChI is InChI=1S/C16H15N3O3S/c1-9-4-6-10(7-5-9)12-11(8-17)13(20)19-15(18-12)23-16(2,3)14(21)22/h4-7H,1-3H3,(H,21,22)(H,18,19,20). The smallest absolute Gasteiger partial charge is 0.319 e. The Hall–Kier alpha value is -2.59. The second-order valence-corrected chi connectivity index (χ2v) is 7.10. The number of aromatic nitrogens is 2. The highest BCUT2D eigenvalue weighted by Gasteiger charge is 2.30. The van der Waals surface area contributed by atoms with Crippen LogP contribution in [0, 0.1) is 18.3 Å². The average Bonchev–Trinajstić information content (AvgIpc) is 2.47. The molecule has 0 saturated heterocycles. The Morgan fingerprint density at radius 1 is 1.35 bits per heavy atom. The summed E-state index contributed by atoms with van der Waals surface area (Å²) in [7, 11) is 0. The topological polar surface area (TPSA) is 107 Å². The summed E-state index contributed by atoms with van der Waals surface area (Å²) >= 11 is 0.924. The number of carboxylic acid groups (broad SMARTS) is 1. The summed E-state index contributed by atoms with van der Waals surface area (Å²) in [5, 5.41) is 18.6. The Morgan fingerprint density at radius 2 is 1.96 bits per heavy atom. The number of hydrogen-bond donors (Lipinski definition) is 2. The van der Waals surface area contributed by atoms with E-state index in [0.29, 0.717) is 5.56 Å². The van der Waals surface area contributed by atoms with Gasteiger partial charge in [0.1, 0.15) is 16.4 Å². The van der Waals surface area contributed by atoms with Gasteiger partial charge < -0.3 is 10.1 Å². The molecule has 0 fully saturated rings. The van der Waals surface area contributed by atoms with Crippen LogP contribution in [0.4, 0.5) is 0 Å². The summed E-state index contributed by atoms with van der Waals surface area (Å²) < 4.78 is -1.16. The molecular weight excluding hydrogens is 314 g/mol. The largest absolute Gasteiger partial charge is 0.480 e. The van der Waals surface area contributed by atoms with Gasteiger partial charge in [-0.25, -0.2) is 4.98 Å². The third kappa shape index (κ3) is 3.60. The van der Waals surface area contributed by atoms with Crippen molar-refractivity contribution in [3.63, 3.8) is 0 Å². The molecule has 0 atom stereocenters. The number of nitrogens with zero attached hydrogens (tertiary/aromatic N) is 2. The Kier molecular flexibility index (Phi) is 4.57. The first-order chi connectivity index (χ1) is 10.7. The van der Waals surface area contributed by atoms with Crippen LogP contribution in [0.5, 0.6) is 0 Å². The first kappa shape index (κ1) is 16.8. The fourth-order valence-electron chi connectivity index (χ4n) is 1.81. The van der Waals surface area contributed by atoms with Crippen molar-refractivity contribution in [2.24, 2.45) is 0 Å². The minimum Gasteiger partial charge on any atom is -0.480 e. The fourth-order valence-corrected chi connectivity index (χ4v) is 2.66. The number of carbonyl (C=O) groups is 1. The molecule has 0 unspecified atom stereocenters. The number of aryl methyl sites for hydroxylation is 1. The molecule has 2 aromatic rings. The van der Waals surface area contributed by atoms with E-state index in [-0.39, 0.29) is 16.4 Å². The number of nitrogens with one attached hydrogen (secondary N) is 1. The molecule has 1 aromatic heterocycles. The second kappa shape index (κ2) is 6.26. The van der Waals surface area contributed by atoms with Crippen LogP contribution in [-0.4, -0.2) is 25.8 Å². The van der Waals surface area contributed by atoms with Gasteiger partial charge in [-0.3, -0.25) is 9.59 Å². The molecule has 2 rings (SSSR count). The first-order valence-electron chi connectivity index (χ1n) is 6.78. The minimum absolute atomic E-state index is 0.0914. The Morgan fingerprint density at radius 3 is 2.48 bits per heavy atom. The van der Waals surface area contributed by atoms with Crippen LogP contribution in [0.3, 0.4) is 0 Å². The molecule has 0 saturated carbocycles. The number of carboxylic acids is 1. The van der Waals surface area contributed by atoms with Crippen molar-refractivity contribution in [2.45, 2.75) is 30.7 Å². The lowest BCUT2D eigenvalue weighted by atomic mass is 10.1. The van der Waals surface area contributed by atoms with Gasteiger partial charge in [0.15, 0.2) is 5.16 Å². The average molecular weight is 329 g/mol. The predicted octanol–water partition coefficient (Wildman–Crippen LogP) is 2.57. The molecule has 0 aliphatic carbocycles. The van der Waals surface area contributed by atoms with E-state index in [0.717, 1.165) is 17.3 Å². The van der Waals surface area contributed by atoms with Crippen molar-refractivity contribution in [2.75, 3.05) is 0 Å². The van der Waals surface area contributed by atoms with Crippen LogP contribution in [0.2, 0.25) is 0 Å². The summed E-state index contributed by atoms with van der Waals surface area (Å²) in [4.78, 5) is 30.1. The van der Waals surface area contributed by atoms with Crippen molar-refractivity contribution >= 4 is 17.7 Å². The van der Waals surface area contributed by atoms with E-state index in [9.17, 15) is 20.0 Å². The van der Waals surface area contributed by atoms with E-state index in [2.05, 4.69) is 9.97 Å². The number of rotatable bonds is 4. The van der Waals surface area contributed by atoms with Crippen molar-refractivity contribution in [3.8, 4) is 17.3 Å². The van der Waals surface area contributed by atoms with Gasteiger partial charge in [-0.1, -0.05) is 41.6 Å². The van der Waals surface area contributed by atoms with Gasteiger partial charge in [0.2, 0.25) is 0 Å². The highest BCUT2D eigenvalue weighted by Crippen LogP contribution is 2.31. The summed E-state index contributed by atoms with van der Waals surface area (Å²) in [6.07, 6.45) is 0. The van der Waals surface area contributed by atoms with Gasteiger partial charge in [-0.2, -0.15) is 5.26 Å². The Labute approximate surface area is 137 Å². The van der Waals surface area contributed by atoms with Crippen LogP contribution >= 0.6 is 11.8 Å². The van der Waals surface area contributed by atoms with E-state index in [1.54, 1.807) is 12.1 Å². The van der Waals surface area contributed by atoms with E-state index in [4.69, 9.17) is 0 Å². The normalized spacial score (nSPS) is 11.0. The predicted molar refractivity (Wildman–Crippen MR) is 87.3 cm³/mol. The van der Waals surface area contributed by atoms with E-state index in [1.807, 2.05) is 25.1 Å². The van der Waals surface area contributed by atoms with Gasteiger partial charge in [0, 0.05) is 5.56 Å². The zero-order chi connectivity index (χ0) is 17.2. The van der Waals surface area contributed by atoms with Crippen molar-refractivity contribution in [3.05, 3.63) is 45.7 Å². The molecule has 23 heavy (non-hydrogen) atoms. The van der Waals surface area contributed by atoms with Crippen LogP contribution in [-0.2, 0) is 4.79 Å². The number of aliphatic carboxylic acids is 1. The summed E-state index contributed by atoms with van der Waals surface area (Å²) in [6, 6.07) is 9.11. The maximum atomic E-state index is 12.1. The van der Waals surface area contributed by atoms with Gasteiger partial charge in [0.05, 0.1) is 5.69 Å². The Bertz CT molecular complexity index is 848. The second-order valence-electron chi connectivity index (χ2n) is 5.49. The lowest BCUT2D eigenvalue weighted by Gasteiger charge is -2.17. The SMILES string of the molecule is Cc1ccc(-c2nc(SC(C)(C)C(=O)O)[nH]c(=O)c2C#N)cc1. The van der Waals surface area contributed by atoms with Gasteiger partial charge in [-0.15, -0.1) is 0 Å². The molecule has 118 valence electrons. The number of aromatic amines is 1. The van der Waals surface area contributed by atoms with E-state index in [1.165, 1.54) is 13.8 Å². The molecule has 0 radical (unpaired) electrons. The number of nitriles is 1. The molecule has 7 heteroatoms. The number of H-pyrrole nitrogens is 1. The lowest BCUT2D eigenvalue weighted by molar-refractivity contribution is -0.138. The number of benzene rings is 1. The molecule has 6 nitrogen and oxygen atoms in total. The molecule has 0 aliphatic heterocycles. The molecule has 1 heterocycles. The molecular formula is C16H15N3O3S. The number of hydrogen-bond acceptors (Lipinski definition) is 5. The van der Waals surface area contributed by atoms with Crippen molar-refractivity contribution in [1.82, 2.24) is 9.97 Å². The van der Waals surface area contributed by atoms with Crippen LogP contribution in [0.25, 0.3) is 11.3 Å². The van der Waals surface area contributed by atoms with E-state index < -0.39 is 16.3 Å². The summed E-state index contributed by atoms with van der Waals surface area (Å²) in [5.74, 6) is -1.02. The summed E-state index contributed by atoms with van der Waals surface area (Å²) in [6.45, 7) is 4.96. The van der Waals surface area contributed by atoms with Crippen LogP contribution in [0.1, 0.15) is 25.0 Å². The Balaban J connectivity index is 2.58. The molecule has 0 amide bonds. The molecule has 1 aromatic carbocycles. The zero-order valence-electron chi connectivity index (χ0n) is 12.9. The zero-order valence-corrected chi connectivity index (χ0v) is 13.7. The molecule has 0 aliphatic rings. The molecule has 0 bridgehead atoms. The van der Waals surface area contributed by atoms with Crippen molar-refractivity contribution in [1.29, 1.82) is 5.26 Å². The van der Waals surface area contributed by atoms with Gasteiger partial charge in [0.25, 0.3) is 5.56 Å². The first-order valence-corrected chi connectivity index (χ1v) is 7.60. The highest BCUT2D eigenvalue weighted by molar-refractivity contribution is 8.01. The molecule has 2 N–H and O–H groups in total. The summed E-state index contributed by atoms with van der Waals surface area (Å²) in [5.41, 5.74) is 1.25. The van der Waals surface area contributed by atoms with Gasteiger partial charge in [-0.05, 0) is 20.8 Å². The van der Waals surface area contributed by atoms with Gasteiger partial charge >= 0.3 is 5.97 Å². The maximum Gasteiger partial charge on any atom is 0.319 e. The lowest BCUT2D eigenvalue weighted by Crippen LogP contribution is -2.28. The van der Waals surface area contributed by atoms with Crippen LogP contribution in [0.15, 0.2) is 34.2 Å². The number of thioether (sulfide) groups is 1. The third-order valence-electron chi connectivity index (χ3n) is 3.20. The van der Waals surface area contributed by atoms with E-state index >= 15 is 0 Å². The fraction of sp³-hybridized carbons (Fsp3) is 0.250.